The Labute approximate surface area is 153 Å². The summed E-state index contributed by atoms with van der Waals surface area (Å²) in [5.41, 5.74) is 3.26. The van der Waals surface area contributed by atoms with Gasteiger partial charge in [0.15, 0.2) is 0 Å². The summed E-state index contributed by atoms with van der Waals surface area (Å²) in [4.78, 5) is 12.3. The highest BCUT2D eigenvalue weighted by atomic mass is 16.5. The molecule has 0 fully saturated rings. The fourth-order valence-corrected chi connectivity index (χ4v) is 3.60. The molecule has 0 spiro atoms. The van der Waals surface area contributed by atoms with E-state index in [1.807, 2.05) is 25.1 Å². The molecule has 0 radical (unpaired) electrons. The van der Waals surface area contributed by atoms with Gasteiger partial charge < -0.3 is 4.74 Å². The molecule has 0 bridgehead atoms. The van der Waals surface area contributed by atoms with Gasteiger partial charge in [-0.05, 0) is 45.2 Å². The molecule has 0 saturated carbocycles. The summed E-state index contributed by atoms with van der Waals surface area (Å²) in [6, 6.07) is 27.1. The molecule has 0 atom stereocenters. The van der Waals surface area contributed by atoms with Crippen LogP contribution in [0.2, 0.25) is 0 Å². The molecular formula is C24H20O2. The van der Waals surface area contributed by atoms with Crippen LogP contribution in [0.3, 0.4) is 0 Å². The highest BCUT2D eigenvalue weighted by Crippen LogP contribution is 2.35. The Kier molecular flexibility index (Phi) is 4.40. The first kappa shape index (κ1) is 16.3. The van der Waals surface area contributed by atoms with Gasteiger partial charge in [-0.1, -0.05) is 78.9 Å². The van der Waals surface area contributed by atoms with Crippen molar-refractivity contribution in [3.05, 3.63) is 84.4 Å². The first-order chi connectivity index (χ1) is 12.8. The van der Waals surface area contributed by atoms with E-state index >= 15 is 0 Å². The van der Waals surface area contributed by atoms with Gasteiger partial charge in [0.2, 0.25) is 0 Å². The van der Waals surface area contributed by atoms with Crippen LogP contribution in [-0.2, 0) is 16.0 Å². The number of carbonyl (C=O) groups excluding carboxylic acids is 1. The number of fused-ring (bicyclic) bond motifs is 2. The van der Waals surface area contributed by atoms with Crippen LogP contribution in [0.5, 0.6) is 0 Å². The van der Waals surface area contributed by atoms with Crippen LogP contribution in [0.15, 0.2) is 78.9 Å². The van der Waals surface area contributed by atoms with Crippen molar-refractivity contribution in [2.75, 3.05) is 6.61 Å². The topological polar surface area (TPSA) is 26.3 Å². The van der Waals surface area contributed by atoms with Crippen molar-refractivity contribution in [2.45, 2.75) is 13.3 Å². The minimum absolute atomic E-state index is 0.190. The van der Waals surface area contributed by atoms with Crippen LogP contribution in [0.4, 0.5) is 0 Å². The number of benzene rings is 4. The molecule has 0 aromatic heterocycles. The Morgan fingerprint density at radius 2 is 1.38 bits per heavy atom. The van der Waals surface area contributed by atoms with Crippen LogP contribution in [0.25, 0.3) is 32.7 Å². The molecule has 0 N–H and O–H groups in total. The fourth-order valence-electron chi connectivity index (χ4n) is 3.60. The second-order valence-electron chi connectivity index (χ2n) is 6.32. The van der Waals surface area contributed by atoms with Crippen molar-refractivity contribution in [1.82, 2.24) is 0 Å². The van der Waals surface area contributed by atoms with Crippen LogP contribution >= 0.6 is 0 Å². The number of carbonyl (C=O) groups is 1. The van der Waals surface area contributed by atoms with Gasteiger partial charge in [-0.3, -0.25) is 4.79 Å². The molecule has 128 valence electrons. The third-order valence-electron chi connectivity index (χ3n) is 4.75. The highest BCUT2D eigenvalue weighted by Gasteiger charge is 2.15. The lowest BCUT2D eigenvalue weighted by Gasteiger charge is -2.15. The minimum Gasteiger partial charge on any atom is -0.466 e. The molecule has 0 unspecified atom stereocenters. The van der Waals surface area contributed by atoms with Gasteiger partial charge in [-0.2, -0.15) is 0 Å². The monoisotopic (exact) mass is 340 g/mol. The zero-order chi connectivity index (χ0) is 17.9. The van der Waals surface area contributed by atoms with Crippen molar-refractivity contribution >= 4 is 27.5 Å². The Hall–Kier alpha value is -3.13. The van der Waals surface area contributed by atoms with Gasteiger partial charge >= 0.3 is 5.97 Å². The smallest absolute Gasteiger partial charge is 0.310 e. The summed E-state index contributed by atoms with van der Waals surface area (Å²) in [5.74, 6) is -0.190. The average molecular weight is 340 g/mol. The third-order valence-corrected chi connectivity index (χ3v) is 4.75. The number of hydrogen-bond acceptors (Lipinski definition) is 2. The molecule has 2 heteroatoms. The largest absolute Gasteiger partial charge is 0.466 e. The molecule has 4 aromatic rings. The quantitative estimate of drug-likeness (QED) is 0.441. The van der Waals surface area contributed by atoms with E-state index in [0.29, 0.717) is 6.61 Å². The van der Waals surface area contributed by atoms with E-state index in [9.17, 15) is 4.79 Å². The number of esters is 1. The van der Waals surface area contributed by atoms with E-state index in [0.717, 1.165) is 27.5 Å². The maximum Gasteiger partial charge on any atom is 0.310 e. The zero-order valence-electron chi connectivity index (χ0n) is 14.7. The van der Waals surface area contributed by atoms with Gasteiger partial charge in [-0.25, -0.2) is 0 Å². The van der Waals surface area contributed by atoms with Gasteiger partial charge in [-0.15, -0.1) is 0 Å². The van der Waals surface area contributed by atoms with Gasteiger partial charge in [0.1, 0.15) is 0 Å². The molecule has 2 nitrogen and oxygen atoms in total. The van der Waals surface area contributed by atoms with E-state index < -0.39 is 0 Å². The number of rotatable bonds is 4. The van der Waals surface area contributed by atoms with E-state index in [1.165, 1.54) is 10.8 Å². The minimum atomic E-state index is -0.190. The Bertz CT molecular complexity index is 1090. The summed E-state index contributed by atoms with van der Waals surface area (Å²) >= 11 is 0. The maximum absolute atomic E-state index is 12.3. The summed E-state index contributed by atoms with van der Waals surface area (Å²) < 4.78 is 5.23. The summed E-state index contributed by atoms with van der Waals surface area (Å²) in [5, 5.41) is 4.62. The van der Waals surface area contributed by atoms with E-state index in [2.05, 4.69) is 60.7 Å². The van der Waals surface area contributed by atoms with Crippen molar-refractivity contribution in [1.29, 1.82) is 0 Å². The number of hydrogen-bond donors (Lipinski definition) is 0. The zero-order valence-corrected chi connectivity index (χ0v) is 14.7. The predicted octanol–water partition coefficient (Wildman–Crippen LogP) is 5.77. The first-order valence-electron chi connectivity index (χ1n) is 8.92. The van der Waals surface area contributed by atoms with Crippen molar-refractivity contribution in [2.24, 2.45) is 0 Å². The van der Waals surface area contributed by atoms with Gasteiger partial charge in [0.25, 0.3) is 0 Å². The Morgan fingerprint density at radius 1 is 0.731 bits per heavy atom. The second-order valence-corrected chi connectivity index (χ2v) is 6.32. The van der Waals surface area contributed by atoms with Crippen molar-refractivity contribution in [3.63, 3.8) is 0 Å². The SMILES string of the molecule is CCOC(=O)Cc1c(-c2cccc3ccccc23)ccc2ccccc12. The maximum atomic E-state index is 12.3. The van der Waals surface area contributed by atoms with Gasteiger partial charge in [0, 0.05) is 0 Å². The van der Waals surface area contributed by atoms with E-state index in [4.69, 9.17) is 4.74 Å². The standard InChI is InChI=1S/C24H20O2/c1-2-26-24(25)16-23-20-12-6-4-9-18(20)14-15-22(23)21-13-7-10-17-8-3-5-11-19(17)21/h3-15H,2,16H2,1H3. The molecule has 26 heavy (non-hydrogen) atoms. The molecule has 4 aromatic carbocycles. The molecule has 0 aliphatic heterocycles. The van der Waals surface area contributed by atoms with E-state index in [-0.39, 0.29) is 12.4 Å². The fraction of sp³-hybridized carbons (Fsp3) is 0.125. The van der Waals surface area contributed by atoms with Crippen molar-refractivity contribution in [3.8, 4) is 11.1 Å². The third kappa shape index (κ3) is 2.95. The lowest BCUT2D eigenvalue weighted by Crippen LogP contribution is -2.09. The van der Waals surface area contributed by atoms with Crippen LogP contribution in [0.1, 0.15) is 12.5 Å². The first-order valence-corrected chi connectivity index (χ1v) is 8.92. The Balaban J connectivity index is 1.98. The summed E-state index contributed by atoms with van der Waals surface area (Å²) in [6.45, 7) is 2.24. The van der Waals surface area contributed by atoms with Crippen LogP contribution < -0.4 is 0 Å². The lowest BCUT2D eigenvalue weighted by molar-refractivity contribution is -0.142. The summed E-state index contributed by atoms with van der Waals surface area (Å²) in [6.07, 6.45) is 0.272. The summed E-state index contributed by atoms with van der Waals surface area (Å²) in [7, 11) is 0. The highest BCUT2D eigenvalue weighted by molar-refractivity contribution is 6.02. The second kappa shape index (κ2) is 7.01. The Morgan fingerprint density at radius 3 is 2.15 bits per heavy atom. The predicted molar refractivity (Wildman–Crippen MR) is 107 cm³/mol. The molecular weight excluding hydrogens is 320 g/mol. The molecule has 0 aliphatic carbocycles. The molecule has 0 heterocycles. The molecule has 4 rings (SSSR count). The molecule has 0 saturated heterocycles. The molecule has 0 aliphatic rings. The van der Waals surface area contributed by atoms with Crippen molar-refractivity contribution < 1.29 is 9.53 Å². The number of ether oxygens (including phenoxy) is 1. The van der Waals surface area contributed by atoms with Crippen LogP contribution in [0, 0.1) is 0 Å². The van der Waals surface area contributed by atoms with Gasteiger partial charge in [0.05, 0.1) is 13.0 Å². The van der Waals surface area contributed by atoms with Crippen LogP contribution in [-0.4, -0.2) is 12.6 Å². The normalized spacial score (nSPS) is 11.0. The molecule has 0 amide bonds. The van der Waals surface area contributed by atoms with E-state index in [1.54, 1.807) is 0 Å². The average Bonchev–Trinajstić information content (AvgIpc) is 2.68. The lowest BCUT2D eigenvalue weighted by atomic mass is 9.90.